The molecule has 0 bridgehead atoms. The maximum atomic E-state index is 5.66. The number of unbranched alkanes of at least 4 members (excludes halogenated alkanes) is 9. The molecule has 1 aliphatic carbocycles. The van der Waals surface area contributed by atoms with Crippen LogP contribution in [0.4, 0.5) is 0 Å². The molecule has 0 aromatic heterocycles. The summed E-state index contributed by atoms with van der Waals surface area (Å²) in [6, 6.07) is 14.8. The first-order chi connectivity index (χ1) is 13.4. The second kappa shape index (κ2) is 11.1. The molecular formula is C25H34O2. The van der Waals surface area contributed by atoms with Crippen LogP contribution >= 0.6 is 0 Å². The van der Waals surface area contributed by atoms with Gasteiger partial charge in [0.05, 0.1) is 6.61 Å². The molecular weight excluding hydrogens is 332 g/mol. The predicted octanol–water partition coefficient (Wildman–Crippen LogP) is 7.49. The molecule has 3 rings (SSSR count). The Labute approximate surface area is 164 Å². The fourth-order valence-corrected chi connectivity index (χ4v) is 3.96. The maximum absolute atomic E-state index is 5.66. The fraction of sp³-hybridized carbons (Fsp3) is 0.520. The molecule has 2 aromatic carbocycles. The van der Waals surface area contributed by atoms with Crippen molar-refractivity contribution >= 4 is 0 Å². The number of benzene rings is 2. The molecule has 2 aromatic rings. The van der Waals surface area contributed by atoms with Crippen LogP contribution in [0.5, 0.6) is 5.75 Å². The van der Waals surface area contributed by atoms with Crippen molar-refractivity contribution in [3.8, 4) is 16.9 Å². The summed E-state index contributed by atoms with van der Waals surface area (Å²) in [4.78, 5) is 11.2. The molecule has 0 fully saturated rings. The summed E-state index contributed by atoms with van der Waals surface area (Å²) >= 11 is 0. The normalized spacial score (nSPS) is 12.0. The average Bonchev–Trinajstić information content (AvgIpc) is 3.08. The zero-order chi connectivity index (χ0) is 18.7. The van der Waals surface area contributed by atoms with E-state index in [1.54, 1.807) is 0 Å². The van der Waals surface area contributed by atoms with Crippen molar-refractivity contribution in [3.63, 3.8) is 0 Å². The molecule has 1 aliphatic rings. The first kappa shape index (κ1) is 19.9. The molecule has 0 unspecified atom stereocenters. The Hall–Kier alpha value is -1.80. The molecule has 0 radical (unpaired) electrons. The third kappa shape index (κ3) is 5.84. The van der Waals surface area contributed by atoms with Gasteiger partial charge in [0.1, 0.15) is 0 Å². The van der Waals surface area contributed by atoms with E-state index in [1.165, 1.54) is 80.0 Å². The molecule has 2 heteroatoms. The molecule has 146 valence electrons. The highest BCUT2D eigenvalue weighted by atomic mass is 17.2. The maximum Gasteiger partial charge on any atom is 0.169 e. The van der Waals surface area contributed by atoms with Crippen LogP contribution in [-0.2, 0) is 11.3 Å². The van der Waals surface area contributed by atoms with Crippen molar-refractivity contribution in [1.82, 2.24) is 0 Å². The second-order valence-corrected chi connectivity index (χ2v) is 7.70. The van der Waals surface area contributed by atoms with Crippen molar-refractivity contribution in [1.29, 1.82) is 0 Å². The summed E-state index contributed by atoms with van der Waals surface area (Å²) in [5.74, 6) is 0.871. The Morgan fingerprint density at radius 1 is 0.704 bits per heavy atom. The zero-order valence-corrected chi connectivity index (χ0v) is 16.8. The molecule has 0 atom stereocenters. The lowest BCUT2D eigenvalue weighted by Crippen LogP contribution is -2.01. The van der Waals surface area contributed by atoms with E-state index in [9.17, 15) is 0 Å². The van der Waals surface area contributed by atoms with Crippen molar-refractivity contribution in [2.75, 3.05) is 6.61 Å². The van der Waals surface area contributed by atoms with Crippen LogP contribution in [0.25, 0.3) is 11.1 Å². The molecule has 27 heavy (non-hydrogen) atoms. The van der Waals surface area contributed by atoms with E-state index >= 15 is 0 Å². The van der Waals surface area contributed by atoms with Crippen molar-refractivity contribution in [3.05, 3.63) is 53.6 Å². The van der Waals surface area contributed by atoms with Gasteiger partial charge in [-0.25, -0.2) is 0 Å². The Morgan fingerprint density at radius 3 is 2.15 bits per heavy atom. The summed E-state index contributed by atoms with van der Waals surface area (Å²) in [5.41, 5.74) is 5.23. The Balaban J connectivity index is 1.29. The van der Waals surface area contributed by atoms with Gasteiger partial charge in [-0.05, 0) is 29.2 Å². The molecule has 0 saturated carbocycles. The van der Waals surface area contributed by atoms with E-state index in [4.69, 9.17) is 9.78 Å². The summed E-state index contributed by atoms with van der Waals surface area (Å²) in [6.07, 6.45) is 14.3. The summed E-state index contributed by atoms with van der Waals surface area (Å²) in [7, 11) is 0. The van der Waals surface area contributed by atoms with Gasteiger partial charge >= 0.3 is 0 Å². The monoisotopic (exact) mass is 366 g/mol. The highest BCUT2D eigenvalue weighted by molar-refractivity contribution is 5.78. The first-order valence-corrected chi connectivity index (χ1v) is 10.9. The van der Waals surface area contributed by atoms with Gasteiger partial charge in [-0.3, -0.25) is 0 Å². The Bertz CT molecular complexity index is 692. The zero-order valence-electron chi connectivity index (χ0n) is 16.8. The van der Waals surface area contributed by atoms with Crippen molar-refractivity contribution < 1.29 is 9.78 Å². The molecule has 0 N–H and O–H groups in total. The molecule has 0 heterocycles. The van der Waals surface area contributed by atoms with Gasteiger partial charge in [0.25, 0.3) is 0 Å². The molecule has 2 nitrogen and oxygen atoms in total. The van der Waals surface area contributed by atoms with Crippen LogP contribution < -0.4 is 4.89 Å². The van der Waals surface area contributed by atoms with Crippen LogP contribution in [0.15, 0.2) is 42.5 Å². The van der Waals surface area contributed by atoms with Crippen molar-refractivity contribution in [2.45, 2.75) is 77.6 Å². The SMILES string of the molecule is CCCCCCCCCCCCOOc1cccc2c1Cc1ccccc1-2. The molecule has 0 spiro atoms. The van der Waals surface area contributed by atoms with Gasteiger partial charge in [-0.2, -0.15) is 4.89 Å². The van der Waals surface area contributed by atoms with Crippen molar-refractivity contribution in [2.24, 2.45) is 0 Å². The Morgan fingerprint density at radius 2 is 1.37 bits per heavy atom. The Kier molecular flexibility index (Phi) is 8.23. The summed E-state index contributed by atoms with van der Waals surface area (Å²) in [6.45, 7) is 2.95. The van der Waals surface area contributed by atoms with E-state index < -0.39 is 0 Å². The van der Waals surface area contributed by atoms with Crippen LogP contribution in [0, 0.1) is 0 Å². The highest BCUT2D eigenvalue weighted by Gasteiger charge is 2.21. The standard InChI is InChI=1S/C25H34O2/c1-2-3-4-5-6-7-8-9-10-13-19-26-27-25-18-14-17-23-22-16-12-11-15-21(22)20-24(23)25/h11-12,14-18H,2-10,13,19-20H2,1H3. The smallest absolute Gasteiger partial charge is 0.169 e. The van der Waals surface area contributed by atoms with Gasteiger partial charge in [0.15, 0.2) is 5.75 Å². The molecule has 0 aliphatic heterocycles. The number of fused-ring (bicyclic) bond motifs is 3. The van der Waals surface area contributed by atoms with Gasteiger partial charge in [0.2, 0.25) is 0 Å². The highest BCUT2D eigenvalue weighted by Crippen LogP contribution is 2.40. The van der Waals surface area contributed by atoms with Gasteiger partial charge in [0, 0.05) is 12.0 Å². The lowest BCUT2D eigenvalue weighted by molar-refractivity contribution is -0.207. The van der Waals surface area contributed by atoms with Gasteiger partial charge in [-0.15, -0.1) is 0 Å². The number of hydrogen-bond acceptors (Lipinski definition) is 2. The number of rotatable bonds is 13. The van der Waals surface area contributed by atoms with E-state index in [0.29, 0.717) is 6.61 Å². The van der Waals surface area contributed by atoms with Crippen LogP contribution in [0.2, 0.25) is 0 Å². The fourth-order valence-electron chi connectivity index (χ4n) is 3.96. The topological polar surface area (TPSA) is 18.5 Å². The third-order valence-electron chi connectivity index (χ3n) is 5.54. The minimum atomic E-state index is 0.674. The van der Waals surface area contributed by atoms with E-state index in [0.717, 1.165) is 18.6 Å². The summed E-state index contributed by atoms with van der Waals surface area (Å²) in [5, 5.41) is 0. The predicted molar refractivity (Wildman–Crippen MR) is 113 cm³/mol. The second-order valence-electron chi connectivity index (χ2n) is 7.70. The number of hydrogen-bond donors (Lipinski definition) is 0. The third-order valence-corrected chi connectivity index (χ3v) is 5.54. The van der Waals surface area contributed by atoms with E-state index in [-0.39, 0.29) is 0 Å². The minimum Gasteiger partial charge on any atom is -0.337 e. The van der Waals surface area contributed by atoms with E-state index in [2.05, 4.69) is 43.3 Å². The van der Waals surface area contributed by atoms with Crippen LogP contribution in [0.1, 0.15) is 82.3 Å². The van der Waals surface area contributed by atoms with Crippen LogP contribution in [0.3, 0.4) is 0 Å². The van der Waals surface area contributed by atoms with Gasteiger partial charge < -0.3 is 4.89 Å². The lowest BCUT2D eigenvalue weighted by Gasteiger charge is -2.09. The molecule has 0 saturated heterocycles. The van der Waals surface area contributed by atoms with E-state index in [1.807, 2.05) is 6.07 Å². The minimum absolute atomic E-state index is 0.674. The van der Waals surface area contributed by atoms with Crippen LogP contribution in [-0.4, -0.2) is 6.61 Å². The largest absolute Gasteiger partial charge is 0.337 e. The quantitative estimate of drug-likeness (QED) is 0.177. The first-order valence-electron chi connectivity index (χ1n) is 10.9. The molecule has 0 amide bonds. The lowest BCUT2D eigenvalue weighted by atomic mass is 10.1. The average molecular weight is 367 g/mol. The van der Waals surface area contributed by atoms with Gasteiger partial charge in [-0.1, -0.05) is 101 Å². The summed E-state index contributed by atoms with van der Waals surface area (Å²) < 4.78 is 0.